The summed E-state index contributed by atoms with van der Waals surface area (Å²) in [5.41, 5.74) is 0.725. The molecule has 3 N–H and O–H groups in total. The van der Waals surface area contributed by atoms with Gasteiger partial charge in [-0.2, -0.15) is 0 Å². The number of aryl methyl sites for hydroxylation is 1. The molecule has 0 unspecified atom stereocenters. The Labute approximate surface area is 145 Å². The lowest BCUT2D eigenvalue weighted by molar-refractivity contribution is 0.381. The van der Waals surface area contributed by atoms with Crippen LogP contribution in [0.4, 0.5) is 0 Å². The van der Waals surface area contributed by atoms with E-state index in [-0.39, 0.29) is 24.6 Å². The molecule has 132 valence electrons. The molecule has 0 saturated heterocycles. The summed E-state index contributed by atoms with van der Waals surface area (Å²) in [6, 6.07) is 5.67. The van der Waals surface area contributed by atoms with Crippen molar-refractivity contribution in [3.8, 4) is 5.75 Å². The fourth-order valence-electron chi connectivity index (χ4n) is 2.20. The maximum Gasteiger partial charge on any atom is 0.247 e. The largest absolute Gasteiger partial charge is 0.506 e. The van der Waals surface area contributed by atoms with Crippen LogP contribution < -0.4 is 5.14 Å². The number of phenolic OH excluding ortho intramolecular Hbond substituents is 1. The van der Waals surface area contributed by atoms with Gasteiger partial charge in [0.15, 0.2) is 0 Å². The number of rotatable bonds is 5. The molecule has 0 spiro atoms. The maximum absolute atomic E-state index is 12.9. The van der Waals surface area contributed by atoms with Gasteiger partial charge < -0.3 is 10.0 Å². The molecule has 1 heterocycles. The van der Waals surface area contributed by atoms with E-state index in [9.17, 15) is 21.9 Å². The fraction of sp³-hybridized carbons (Fsp3) is 0.286. The third-order valence-electron chi connectivity index (χ3n) is 3.23. The standard InChI is InChI=1S/C14H18N2O5S3/c1-9-7-12(24(15,20)21)22-14(9)23(18,19)11-6-4-5-10(13(11)17)8-16(2)3/h4-7,17H,8H2,1-3H3,(H2,15,20,21). The molecule has 0 atom stereocenters. The molecule has 0 aliphatic heterocycles. The molecular formula is C14H18N2O5S3. The highest BCUT2D eigenvalue weighted by Gasteiger charge is 2.28. The van der Waals surface area contributed by atoms with Gasteiger partial charge in [-0.3, -0.25) is 0 Å². The van der Waals surface area contributed by atoms with Crippen LogP contribution in [0.3, 0.4) is 0 Å². The zero-order chi connectivity index (χ0) is 18.3. The number of nitrogens with zero attached hydrogens (tertiary/aromatic N) is 1. The first kappa shape index (κ1) is 18.9. The summed E-state index contributed by atoms with van der Waals surface area (Å²) in [6.07, 6.45) is 0. The average Bonchev–Trinajstić information content (AvgIpc) is 2.83. The van der Waals surface area contributed by atoms with Crippen molar-refractivity contribution in [3.63, 3.8) is 0 Å². The predicted molar refractivity (Wildman–Crippen MR) is 91.4 cm³/mol. The molecule has 2 rings (SSSR count). The monoisotopic (exact) mass is 390 g/mol. The minimum Gasteiger partial charge on any atom is -0.506 e. The molecule has 10 heteroatoms. The molecule has 24 heavy (non-hydrogen) atoms. The Hall–Kier alpha value is -1.46. The van der Waals surface area contributed by atoms with Gasteiger partial charge in [0.25, 0.3) is 0 Å². The van der Waals surface area contributed by atoms with E-state index in [1.54, 1.807) is 25.1 Å². The normalized spacial score (nSPS) is 12.7. The van der Waals surface area contributed by atoms with E-state index in [0.29, 0.717) is 23.4 Å². The van der Waals surface area contributed by atoms with Gasteiger partial charge in [-0.1, -0.05) is 12.1 Å². The second kappa shape index (κ2) is 6.45. The number of benzene rings is 1. The predicted octanol–water partition coefficient (Wildman–Crippen LogP) is 1.30. The van der Waals surface area contributed by atoms with Crippen molar-refractivity contribution in [2.75, 3.05) is 14.1 Å². The van der Waals surface area contributed by atoms with Crippen LogP contribution in [0.25, 0.3) is 0 Å². The van der Waals surface area contributed by atoms with Crippen LogP contribution in [0.5, 0.6) is 5.75 Å². The highest BCUT2D eigenvalue weighted by molar-refractivity contribution is 7.95. The van der Waals surface area contributed by atoms with E-state index >= 15 is 0 Å². The molecule has 7 nitrogen and oxygen atoms in total. The van der Waals surface area contributed by atoms with Crippen molar-refractivity contribution in [3.05, 3.63) is 35.4 Å². The maximum atomic E-state index is 12.9. The van der Waals surface area contributed by atoms with Crippen molar-refractivity contribution >= 4 is 31.2 Å². The number of primary sulfonamides is 1. The molecule has 1 aromatic heterocycles. The second-order valence-electron chi connectivity index (χ2n) is 5.59. The molecule has 0 aliphatic rings. The summed E-state index contributed by atoms with van der Waals surface area (Å²) in [5, 5.41) is 15.4. The van der Waals surface area contributed by atoms with Crippen molar-refractivity contribution in [2.45, 2.75) is 26.8 Å². The minimum absolute atomic E-state index is 0.149. The van der Waals surface area contributed by atoms with E-state index in [4.69, 9.17) is 5.14 Å². The van der Waals surface area contributed by atoms with Crippen LogP contribution in [0.2, 0.25) is 0 Å². The van der Waals surface area contributed by atoms with Crippen molar-refractivity contribution in [1.82, 2.24) is 4.90 Å². The number of sulfone groups is 1. The average molecular weight is 391 g/mol. The number of thiophene rings is 1. The third-order valence-corrected chi connectivity index (χ3v) is 8.31. The van der Waals surface area contributed by atoms with Gasteiger partial charge in [0.05, 0.1) is 0 Å². The van der Waals surface area contributed by atoms with Crippen LogP contribution >= 0.6 is 11.3 Å². The Kier molecular flexibility index (Phi) is 5.07. The van der Waals surface area contributed by atoms with Crippen molar-refractivity contribution in [1.29, 1.82) is 0 Å². The van der Waals surface area contributed by atoms with Gasteiger partial charge in [0.2, 0.25) is 19.9 Å². The number of hydrogen-bond donors (Lipinski definition) is 2. The van der Waals surface area contributed by atoms with Crippen LogP contribution in [0, 0.1) is 6.92 Å². The molecule has 0 radical (unpaired) electrons. The second-order valence-corrected chi connectivity index (χ2v) is 10.5. The van der Waals surface area contributed by atoms with Gasteiger partial charge in [-0.25, -0.2) is 22.0 Å². The van der Waals surface area contributed by atoms with Crippen molar-refractivity contribution in [2.24, 2.45) is 5.14 Å². The summed E-state index contributed by atoms with van der Waals surface area (Å²) < 4.78 is 48.2. The molecule has 0 fully saturated rings. The summed E-state index contributed by atoms with van der Waals surface area (Å²) in [4.78, 5) is 1.54. The van der Waals surface area contributed by atoms with Gasteiger partial charge >= 0.3 is 0 Å². The molecule has 2 aromatic rings. The topological polar surface area (TPSA) is 118 Å². The van der Waals surface area contributed by atoms with Gasteiger partial charge in [0, 0.05) is 12.1 Å². The number of aromatic hydroxyl groups is 1. The lowest BCUT2D eigenvalue weighted by Gasteiger charge is -2.13. The summed E-state index contributed by atoms with van der Waals surface area (Å²) in [6.45, 7) is 1.85. The summed E-state index contributed by atoms with van der Waals surface area (Å²) in [7, 11) is -4.48. The van der Waals surface area contributed by atoms with Gasteiger partial charge in [-0.05, 0) is 38.7 Å². The highest BCUT2D eigenvalue weighted by Crippen LogP contribution is 2.37. The van der Waals surface area contributed by atoms with E-state index < -0.39 is 19.9 Å². The number of sulfonamides is 1. The third kappa shape index (κ3) is 3.62. The smallest absolute Gasteiger partial charge is 0.247 e. The van der Waals surface area contributed by atoms with E-state index in [2.05, 4.69) is 0 Å². The fourth-order valence-corrected chi connectivity index (χ4v) is 6.35. The number of hydrogen-bond acceptors (Lipinski definition) is 7. The summed E-state index contributed by atoms with van der Waals surface area (Å²) in [5.74, 6) is -0.337. The first-order valence-corrected chi connectivity index (χ1v) is 10.6. The zero-order valence-electron chi connectivity index (χ0n) is 13.3. The quantitative estimate of drug-likeness (QED) is 0.795. The van der Waals surface area contributed by atoms with Crippen LogP contribution in [-0.4, -0.2) is 40.9 Å². The Morgan fingerprint density at radius 3 is 2.33 bits per heavy atom. The zero-order valence-corrected chi connectivity index (χ0v) is 15.8. The molecular weight excluding hydrogens is 372 g/mol. The van der Waals surface area contributed by atoms with Gasteiger partial charge in [0.1, 0.15) is 19.1 Å². The molecule has 0 saturated carbocycles. The van der Waals surface area contributed by atoms with E-state index in [0.717, 1.165) is 0 Å². The first-order chi connectivity index (χ1) is 10.9. The van der Waals surface area contributed by atoms with E-state index in [1.807, 2.05) is 0 Å². The Morgan fingerprint density at radius 2 is 1.83 bits per heavy atom. The number of para-hydroxylation sites is 1. The lowest BCUT2D eigenvalue weighted by Crippen LogP contribution is -2.12. The number of nitrogens with two attached hydrogens (primary N) is 1. The minimum atomic E-state index is -4.07. The molecule has 0 bridgehead atoms. The van der Waals surface area contributed by atoms with Crippen molar-refractivity contribution < 1.29 is 21.9 Å². The summed E-state index contributed by atoms with van der Waals surface area (Å²) >= 11 is 0.574. The Bertz CT molecular complexity index is 976. The van der Waals surface area contributed by atoms with Crippen LogP contribution in [0.1, 0.15) is 11.1 Å². The highest BCUT2D eigenvalue weighted by atomic mass is 32.3. The first-order valence-electron chi connectivity index (χ1n) is 6.78. The Balaban J connectivity index is 2.63. The Morgan fingerprint density at radius 1 is 1.21 bits per heavy atom. The number of phenols is 1. The SMILES string of the molecule is Cc1cc(S(N)(=O)=O)sc1S(=O)(=O)c1cccc(CN(C)C)c1O. The molecule has 0 aliphatic carbocycles. The van der Waals surface area contributed by atoms with Gasteiger partial charge in [-0.15, -0.1) is 11.3 Å². The van der Waals surface area contributed by atoms with Crippen LogP contribution in [0.15, 0.2) is 37.6 Å². The molecule has 1 aromatic carbocycles. The van der Waals surface area contributed by atoms with Crippen LogP contribution in [-0.2, 0) is 26.4 Å². The lowest BCUT2D eigenvalue weighted by atomic mass is 10.2. The molecule has 0 amide bonds. The van der Waals surface area contributed by atoms with E-state index in [1.165, 1.54) is 25.1 Å².